The molecule has 0 radical (unpaired) electrons. The summed E-state index contributed by atoms with van der Waals surface area (Å²) in [6.07, 6.45) is 7.83. The van der Waals surface area contributed by atoms with Gasteiger partial charge in [0, 0.05) is 18.3 Å². The zero-order chi connectivity index (χ0) is 12.1. The Bertz CT molecular complexity index is 406. The summed E-state index contributed by atoms with van der Waals surface area (Å²) in [5, 5.41) is 3.56. The van der Waals surface area contributed by atoms with Gasteiger partial charge in [0.15, 0.2) is 0 Å². The molecule has 2 heteroatoms. The van der Waals surface area contributed by atoms with Crippen molar-refractivity contribution in [2.45, 2.75) is 25.8 Å². The van der Waals surface area contributed by atoms with Crippen molar-refractivity contribution in [2.75, 3.05) is 24.5 Å². The van der Waals surface area contributed by atoms with Crippen molar-refractivity contribution in [1.82, 2.24) is 5.32 Å². The minimum atomic E-state index is 0.471. The molecule has 90 valence electrons. The van der Waals surface area contributed by atoms with Gasteiger partial charge in [-0.15, -0.1) is 6.42 Å². The molecule has 2 rings (SSSR count). The molecule has 0 bridgehead atoms. The largest absolute Gasteiger partial charge is 0.360 e. The molecule has 1 aromatic rings. The smallest absolute Gasteiger partial charge is 0.0791 e. The summed E-state index contributed by atoms with van der Waals surface area (Å²) in [6, 6.07) is 9.08. The number of para-hydroxylation sites is 1. The first-order chi connectivity index (χ1) is 8.36. The molecule has 0 saturated carbocycles. The van der Waals surface area contributed by atoms with Crippen LogP contribution >= 0.6 is 0 Å². The Morgan fingerprint density at radius 2 is 2.29 bits per heavy atom. The molecule has 0 saturated heterocycles. The third-order valence-corrected chi connectivity index (χ3v) is 3.31. The van der Waals surface area contributed by atoms with Crippen molar-refractivity contribution in [2.24, 2.45) is 0 Å². The Morgan fingerprint density at radius 3 is 3.06 bits per heavy atom. The van der Waals surface area contributed by atoms with Crippen LogP contribution in [0.1, 0.15) is 31.4 Å². The Labute approximate surface area is 104 Å². The number of nitrogens with zero attached hydrogens (tertiary/aromatic N) is 1. The summed E-state index contributed by atoms with van der Waals surface area (Å²) < 4.78 is 0. The number of hydrogen-bond acceptors (Lipinski definition) is 2. The van der Waals surface area contributed by atoms with E-state index in [1.165, 1.54) is 24.1 Å². The van der Waals surface area contributed by atoms with Gasteiger partial charge < -0.3 is 10.2 Å². The van der Waals surface area contributed by atoms with Gasteiger partial charge in [-0.3, -0.25) is 0 Å². The fraction of sp³-hybridized carbons (Fsp3) is 0.467. The fourth-order valence-corrected chi connectivity index (χ4v) is 2.57. The summed E-state index contributed by atoms with van der Waals surface area (Å²) in [6.45, 7) is 4.93. The second kappa shape index (κ2) is 5.75. The average molecular weight is 228 g/mol. The fourth-order valence-electron chi connectivity index (χ4n) is 2.57. The van der Waals surface area contributed by atoms with Gasteiger partial charge in [-0.2, -0.15) is 0 Å². The van der Waals surface area contributed by atoms with Crippen molar-refractivity contribution in [1.29, 1.82) is 0 Å². The van der Waals surface area contributed by atoms with E-state index in [9.17, 15) is 0 Å². The molecule has 1 unspecified atom stereocenters. The van der Waals surface area contributed by atoms with Crippen LogP contribution < -0.4 is 10.2 Å². The maximum Gasteiger partial charge on any atom is 0.0791 e. The van der Waals surface area contributed by atoms with Crippen LogP contribution in [0.25, 0.3) is 0 Å². The SMILES string of the molecule is C#CCN1CCCC(NCC)c2ccccc21. The molecule has 1 aliphatic heterocycles. The highest BCUT2D eigenvalue weighted by Gasteiger charge is 2.21. The van der Waals surface area contributed by atoms with Crippen LogP contribution in [0.4, 0.5) is 5.69 Å². The molecule has 0 aliphatic carbocycles. The summed E-state index contributed by atoms with van der Waals surface area (Å²) in [4.78, 5) is 2.31. The Morgan fingerprint density at radius 1 is 1.47 bits per heavy atom. The molecule has 2 nitrogen and oxygen atoms in total. The number of fused-ring (bicyclic) bond motifs is 1. The molecule has 0 amide bonds. The first kappa shape index (κ1) is 12.0. The van der Waals surface area contributed by atoms with E-state index in [0.717, 1.165) is 13.1 Å². The highest BCUT2D eigenvalue weighted by atomic mass is 15.1. The zero-order valence-electron chi connectivity index (χ0n) is 10.4. The number of terminal acetylenes is 1. The predicted molar refractivity (Wildman–Crippen MR) is 73.1 cm³/mol. The molecule has 1 aromatic carbocycles. The van der Waals surface area contributed by atoms with E-state index in [4.69, 9.17) is 6.42 Å². The van der Waals surface area contributed by atoms with E-state index in [-0.39, 0.29) is 0 Å². The standard InChI is InChI=1S/C15H20N2/c1-3-11-17-12-7-9-14(16-4-2)13-8-5-6-10-15(13)17/h1,5-6,8,10,14,16H,4,7,9,11-12H2,2H3. The number of benzene rings is 1. The molecule has 1 atom stereocenters. The van der Waals surface area contributed by atoms with E-state index in [1.54, 1.807) is 0 Å². The predicted octanol–water partition coefficient (Wildman–Crippen LogP) is 2.57. The van der Waals surface area contributed by atoms with Gasteiger partial charge in [0.2, 0.25) is 0 Å². The lowest BCUT2D eigenvalue weighted by molar-refractivity contribution is 0.511. The summed E-state index contributed by atoms with van der Waals surface area (Å²) >= 11 is 0. The average Bonchev–Trinajstić information content (AvgIpc) is 2.52. The van der Waals surface area contributed by atoms with Crippen molar-refractivity contribution < 1.29 is 0 Å². The van der Waals surface area contributed by atoms with Crippen molar-refractivity contribution in [3.63, 3.8) is 0 Å². The zero-order valence-corrected chi connectivity index (χ0v) is 10.4. The Kier molecular flexibility index (Phi) is 4.06. The van der Waals surface area contributed by atoms with E-state index >= 15 is 0 Å². The molecular weight excluding hydrogens is 208 g/mol. The molecule has 0 aromatic heterocycles. The summed E-state index contributed by atoms with van der Waals surface area (Å²) in [5.41, 5.74) is 2.69. The van der Waals surface area contributed by atoms with Gasteiger partial charge in [-0.25, -0.2) is 0 Å². The first-order valence-electron chi connectivity index (χ1n) is 6.37. The number of rotatable bonds is 3. The number of hydrogen-bond donors (Lipinski definition) is 1. The maximum atomic E-state index is 5.45. The topological polar surface area (TPSA) is 15.3 Å². The lowest BCUT2D eigenvalue weighted by Gasteiger charge is -2.24. The second-order valence-corrected chi connectivity index (χ2v) is 4.44. The molecule has 1 N–H and O–H groups in total. The highest BCUT2D eigenvalue weighted by Crippen LogP contribution is 2.32. The van der Waals surface area contributed by atoms with Crippen LogP contribution in [-0.4, -0.2) is 19.6 Å². The first-order valence-corrected chi connectivity index (χ1v) is 6.37. The van der Waals surface area contributed by atoms with Crippen LogP contribution in [0.2, 0.25) is 0 Å². The minimum Gasteiger partial charge on any atom is -0.360 e. The van der Waals surface area contributed by atoms with Gasteiger partial charge in [0.1, 0.15) is 0 Å². The number of anilines is 1. The summed E-state index contributed by atoms with van der Waals surface area (Å²) in [5.74, 6) is 2.76. The monoisotopic (exact) mass is 228 g/mol. The summed E-state index contributed by atoms with van der Waals surface area (Å²) in [7, 11) is 0. The quantitative estimate of drug-likeness (QED) is 0.800. The van der Waals surface area contributed by atoms with Crippen LogP contribution in [0.5, 0.6) is 0 Å². The van der Waals surface area contributed by atoms with Crippen molar-refractivity contribution in [3.05, 3.63) is 29.8 Å². The maximum absolute atomic E-state index is 5.45. The molecule has 0 spiro atoms. The minimum absolute atomic E-state index is 0.471. The Balaban J connectivity index is 2.33. The van der Waals surface area contributed by atoms with Gasteiger partial charge in [-0.05, 0) is 31.0 Å². The van der Waals surface area contributed by atoms with E-state index in [2.05, 4.69) is 47.3 Å². The van der Waals surface area contributed by atoms with Crippen LogP contribution in [0, 0.1) is 12.3 Å². The van der Waals surface area contributed by atoms with Gasteiger partial charge >= 0.3 is 0 Å². The highest BCUT2D eigenvalue weighted by molar-refractivity contribution is 5.56. The molecule has 1 heterocycles. The number of nitrogens with one attached hydrogen (secondary N) is 1. The van der Waals surface area contributed by atoms with Gasteiger partial charge in [0.25, 0.3) is 0 Å². The third-order valence-electron chi connectivity index (χ3n) is 3.31. The molecule has 0 fully saturated rings. The van der Waals surface area contributed by atoms with Crippen molar-refractivity contribution in [3.8, 4) is 12.3 Å². The van der Waals surface area contributed by atoms with E-state index in [1.807, 2.05) is 0 Å². The van der Waals surface area contributed by atoms with E-state index in [0.29, 0.717) is 12.6 Å². The molecule has 1 aliphatic rings. The van der Waals surface area contributed by atoms with Crippen LogP contribution in [-0.2, 0) is 0 Å². The normalized spacial score (nSPS) is 19.3. The van der Waals surface area contributed by atoms with E-state index < -0.39 is 0 Å². The lowest BCUT2D eigenvalue weighted by Crippen LogP contribution is -2.24. The third kappa shape index (κ3) is 2.62. The Hall–Kier alpha value is -1.46. The van der Waals surface area contributed by atoms with Gasteiger partial charge in [-0.1, -0.05) is 31.0 Å². The van der Waals surface area contributed by atoms with Crippen LogP contribution in [0.15, 0.2) is 24.3 Å². The van der Waals surface area contributed by atoms with Gasteiger partial charge in [0.05, 0.1) is 6.54 Å². The second-order valence-electron chi connectivity index (χ2n) is 4.44. The molecular formula is C15H20N2. The van der Waals surface area contributed by atoms with Crippen LogP contribution in [0.3, 0.4) is 0 Å². The molecule has 17 heavy (non-hydrogen) atoms. The lowest BCUT2D eigenvalue weighted by atomic mass is 10.0. The van der Waals surface area contributed by atoms with Crippen molar-refractivity contribution >= 4 is 5.69 Å².